The molecule has 1 aliphatic heterocycles. The van der Waals surface area contributed by atoms with Gasteiger partial charge in [0, 0.05) is 31.7 Å². The molecule has 1 atom stereocenters. The second-order valence-electron chi connectivity index (χ2n) is 7.34. The first-order valence-electron chi connectivity index (χ1n) is 8.60. The molecule has 1 amide bonds. The molecule has 8 heteroatoms. The highest BCUT2D eigenvalue weighted by atomic mass is 32.2. The lowest BCUT2D eigenvalue weighted by Crippen LogP contribution is -2.48. The van der Waals surface area contributed by atoms with Crippen LogP contribution in [0.4, 0.5) is 0 Å². The van der Waals surface area contributed by atoms with Crippen LogP contribution in [-0.2, 0) is 14.8 Å². The molecule has 0 bridgehead atoms. The Morgan fingerprint density at radius 2 is 1.81 bits per heavy atom. The number of sulfonamides is 1. The third-order valence-corrected chi connectivity index (χ3v) is 7.05. The van der Waals surface area contributed by atoms with Crippen molar-refractivity contribution in [2.45, 2.75) is 44.6 Å². The van der Waals surface area contributed by atoms with Crippen LogP contribution in [0.5, 0.6) is 0 Å². The topological polar surface area (TPSA) is 95.0 Å². The zero-order chi connectivity index (χ0) is 19.7. The lowest BCUT2D eigenvalue weighted by Gasteiger charge is -2.37. The maximum Gasteiger partial charge on any atom is 0.311 e. The van der Waals surface area contributed by atoms with Crippen LogP contribution < -0.4 is 0 Å². The molecule has 26 heavy (non-hydrogen) atoms. The van der Waals surface area contributed by atoms with E-state index in [0.717, 1.165) is 0 Å². The van der Waals surface area contributed by atoms with Gasteiger partial charge >= 0.3 is 5.97 Å². The Kier molecular flexibility index (Phi) is 5.77. The summed E-state index contributed by atoms with van der Waals surface area (Å²) in [5.41, 5.74) is -0.595. The molecule has 0 aromatic heterocycles. The number of rotatable bonds is 5. The van der Waals surface area contributed by atoms with Gasteiger partial charge < -0.3 is 10.0 Å². The fourth-order valence-electron chi connectivity index (χ4n) is 2.98. The van der Waals surface area contributed by atoms with Gasteiger partial charge in [-0.3, -0.25) is 9.59 Å². The first-order valence-corrected chi connectivity index (χ1v) is 10.0. The van der Waals surface area contributed by atoms with Crippen LogP contribution in [0.2, 0.25) is 0 Å². The van der Waals surface area contributed by atoms with Crippen LogP contribution in [0.25, 0.3) is 0 Å². The van der Waals surface area contributed by atoms with Gasteiger partial charge in [-0.1, -0.05) is 0 Å². The molecule has 0 spiro atoms. The van der Waals surface area contributed by atoms with Gasteiger partial charge in [-0.25, -0.2) is 8.42 Å². The first kappa shape index (κ1) is 20.4. The van der Waals surface area contributed by atoms with Crippen molar-refractivity contribution >= 4 is 21.9 Å². The normalized spacial score (nSPS) is 21.2. The van der Waals surface area contributed by atoms with Crippen LogP contribution in [0.3, 0.4) is 0 Å². The second-order valence-corrected chi connectivity index (χ2v) is 9.33. The van der Waals surface area contributed by atoms with E-state index < -0.39 is 21.4 Å². The summed E-state index contributed by atoms with van der Waals surface area (Å²) in [5, 5.41) is 9.38. The standard InChI is InChI=1S/C18H26N2O5S/c1-13(2)19(4)26(24,25)15-8-6-14(7-9-15)16(21)20-11-5-10-18(3,12-20)17(22)23/h6-9,13H,5,10-12H2,1-4H3,(H,22,23). The molecule has 0 radical (unpaired) electrons. The molecule has 7 nitrogen and oxygen atoms in total. The average Bonchev–Trinajstić information content (AvgIpc) is 2.60. The number of carbonyl (C=O) groups is 2. The van der Waals surface area contributed by atoms with Gasteiger partial charge in [-0.2, -0.15) is 4.31 Å². The molecule has 144 valence electrons. The number of carboxylic acid groups (broad SMARTS) is 1. The van der Waals surface area contributed by atoms with Gasteiger partial charge in [0.15, 0.2) is 0 Å². The number of nitrogens with zero attached hydrogens (tertiary/aromatic N) is 2. The van der Waals surface area contributed by atoms with E-state index in [1.807, 2.05) is 0 Å². The number of hydrogen-bond acceptors (Lipinski definition) is 4. The predicted molar refractivity (Wildman–Crippen MR) is 97.4 cm³/mol. The molecule has 1 heterocycles. The van der Waals surface area contributed by atoms with Gasteiger partial charge in [0.1, 0.15) is 0 Å². The molecule has 1 aliphatic rings. The molecule has 1 aromatic rings. The number of aliphatic carboxylic acids is 1. The number of hydrogen-bond donors (Lipinski definition) is 1. The molecule has 2 rings (SSSR count). The number of benzene rings is 1. The number of amides is 1. The molecule has 0 aliphatic carbocycles. The maximum absolute atomic E-state index is 12.7. The molecule has 1 fully saturated rings. The van der Waals surface area contributed by atoms with Crippen molar-refractivity contribution in [3.05, 3.63) is 29.8 Å². The Morgan fingerprint density at radius 3 is 2.31 bits per heavy atom. The van der Waals surface area contributed by atoms with Crippen molar-refractivity contribution in [3.8, 4) is 0 Å². The molecule has 1 unspecified atom stereocenters. The van der Waals surface area contributed by atoms with Gasteiger partial charge in [0.05, 0.1) is 10.3 Å². The smallest absolute Gasteiger partial charge is 0.311 e. The largest absolute Gasteiger partial charge is 0.481 e. The van der Waals surface area contributed by atoms with Crippen LogP contribution in [-0.4, -0.2) is 60.8 Å². The number of piperidine rings is 1. The summed E-state index contributed by atoms with van der Waals surface area (Å²) in [5.74, 6) is -1.19. The van der Waals surface area contributed by atoms with E-state index in [1.54, 1.807) is 20.8 Å². The van der Waals surface area contributed by atoms with Gasteiger partial charge in [0.25, 0.3) is 5.91 Å². The van der Waals surface area contributed by atoms with Crippen molar-refractivity contribution in [2.75, 3.05) is 20.1 Å². The highest BCUT2D eigenvalue weighted by molar-refractivity contribution is 7.89. The summed E-state index contributed by atoms with van der Waals surface area (Å²) in [6, 6.07) is 5.62. The Morgan fingerprint density at radius 1 is 1.23 bits per heavy atom. The molecule has 0 saturated carbocycles. The summed E-state index contributed by atoms with van der Waals surface area (Å²) in [4.78, 5) is 25.8. The monoisotopic (exact) mass is 382 g/mol. The SMILES string of the molecule is CC(C)N(C)S(=O)(=O)c1ccc(C(=O)N2CCCC(C)(C(=O)O)C2)cc1. The van der Waals surface area contributed by atoms with Crippen LogP contribution >= 0.6 is 0 Å². The van der Waals surface area contributed by atoms with E-state index in [1.165, 1.54) is 40.5 Å². The molecule has 1 N–H and O–H groups in total. The predicted octanol–water partition coefficient (Wildman–Crippen LogP) is 2.04. The van der Waals surface area contributed by atoms with Gasteiger partial charge in [-0.05, 0) is 57.9 Å². The zero-order valence-corrected chi connectivity index (χ0v) is 16.4. The fourth-order valence-corrected chi connectivity index (χ4v) is 4.35. The van der Waals surface area contributed by atoms with E-state index in [-0.39, 0.29) is 23.4 Å². The van der Waals surface area contributed by atoms with Crippen LogP contribution in [0, 0.1) is 5.41 Å². The molecular formula is C18H26N2O5S. The first-order chi connectivity index (χ1) is 12.0. The lowest BCUT2D eigenvalue weighted by molar-refractivity contribution is -0.150. The van der Waals surface area contributed by atoms with Crippen LogP contribution in [0.1, 0.15) is 44.0 Å². The summed E-state index contributed by atoms with van der Waals surface area (Å²) >= 11 is 0. The van der Waals surface area contributed by atoms with Crippen molar-refractivity contribution in [1.29, 1.82) is 0 Å². The summed E-state index contributed by atoms with van der Waals surface area (Å²) < 4.78 is 26.2. The van der Waals surface area contributed by atoms with E-state index >= 15 is 0 Å². The van der Waals surface area contributed by atoms with E-state index in [0.29, 0.717) is 24.9 Å². The van der Waals surface area contributed by atoms with Crippen molar-refractivity contribution < 1.29 is 23.1 Å². The Labute approximate surface area is 154 Å². The Balaban J connectivity index is 2.20. The van der Waals surface area contributed by atoms with E-state index in [9.17, 15) is 23.1 Å². The lowest BCUT2D eigenvalue weighted by atomic mass is 9.82. The summed E-state index contributed by atoms with van der Waals surface area (Å²) in [6.45, 7) is 5.86. The van der Waals surface area contributed by atoms with Crippen molar-refractivity contribution in [2.24, 2.45) is 5.41 Å². The Hall–Kier alpha value is -1.93. The summed E-state index contributed by atoms with van der Waals surface area (Å²) in [7, 11) is -2.09. The second kappa shape index (κ2) is 7.36. The maximum atomic E-state index is 12.7. The van der Waals surface area contributed by atoms with Gasteiger partial charge in [-0.15, -0.1) is 0 Å². The zero-order valence-electron chi connectivity index (χ0n) is 15.6. The number of likely N-dealkylation sites (tertiary alicyclic amines) is 1. The Bertz CT molecular complexity index is 788. The van der Waals surface area contributed by atoms with Gasteiger partial charge in [0.2, 0.25) is 10.0 Å². The van der Waals surface area contributed by atoms with Crippen molar-refractivity contribution in [1.82, 2.24) is 9.21 Å². The highest BCUT2D eigenvalue weighted by Crippen LogP contribution is 2.30. The fraction of sp³-hybridized carbons (Fsp3) is 0.556. The molecule has 1 saturated heterocycles. The number of carboxylic acids is 1. The third kappa shape index (κ3) is 3.91. The quantitative estimate of drug-likeness (QED) is 0.841. The molecule has 1 aromatic carbocycles. The molecular weight excluding hydrogens is 356 g/mol. The highest BCUT2D eigenvalue weighted by Gasteiger charge is 2.39. The van der Waals surface area contributed by atoms with Crippen LogP contribution in [0.15, 0.2) is 29.2 Å². The minimum Gasteiger partial charge on any atom is -0.481 e. The van der Waals surface area contributed by atoms with Crippen molar-refractivity contribution in [3.63, 3.8) is 0 Å². The van der Waals surface area contributed by atoms with E-state index in [4.69, 9.17) is 0 Å². The number of carbonyl (C=O) groups excluding carboxylic acids is 1. The minimum absolute atomic E-state index is 0.124. The van der Waals surface area contributed by atoms with E-state index in [2.05, 4.69) is 0 Å². The average molecular weight is 382 g/mol. The third-order valence-electron chi connectivity index (χ3n) is 5.01. The minimum atomic E-state index is -3.60. The summed E-state index contributed by atoms with van der Waals surface area (Å²) in [6.07, 6.45) is 1.16.